The summed E-state index contributed by atoms with van der Waals surface area (Å²) in [5, 5.41) is 3.44. The SMILES string of the molecule is Nc1ccc(Oc2ccc(OCCCC3COCCN3)cc2)cc1N. The molecule has 0 radical (unpaired) electrons. The molecular formula is C19H25N3O3. The summed E-state index contributed by atoms with van der Waals surface area (Å²) < 4.78 is 17.0. The van der Waals surface area contributed by atoms with E-state index in [0.29, 0.717) is 29.8 Å². The molecule has 1 unspecified atom stereocenters. The second-order valence-electron chi connectivity index (χ2n) is 6.08. The van der Waals surface area contributed by atoms with Crippen LogP contribution in [-0.4, -0.2) is 32.4 Å². The zero-order valence-corrected chi connectivity index (χ0v) is 14.2. The highest BCUT2D eigenvalue weighted by Crippen LogP contribution is 2.27. The van der Waals surface area contributed by atoms with Gasteiger partial charge in [-0.15, -0.1) is 0 Å². The molecule has 6 heteroatoms. The van der Waals surface area contributed by atoms with Gasteiger partial charge in [-0.1, -0.05) is 0 Å². The smallest absolute Gasteiger partial charge is 0.129 e. The Balaban J connectivity index is 1.42. The zero-order valence-electron chi connectivity index (χ0n) is 14.2. The first-order valence-corrected chi connectivity index (χ1v) is 8.57. The minimum atomic E-state index is 0.445. The maximum Gasteiger partial charge on any atom is 0.129 e. The Morgan fingerprint density at radius 3 is 2.48 bits per heavy atom. The Bertz CT molecular complexity index is 670. The average Bonchev–Trinajstić information content (AvgIpc) is 2.64. The molecule has 2 aromatic carbocycles. The molecule has 1 aliphatic heterocycles. The van der Waals surface area contributed by atoms with E-state index < -0.39 is 0 Å². The van der Waals surface area contributed by atoms with Crippen molar-refractivity contribution in [1.82, 2.24) is 5.32 Å². The first-order chi connectivity index (χ1) is 12.2. The fraction of sp³-hybridized carbons (Fsp3) is 0.368. The van der Waals surface area contributed by atoms with E-state index in [4.69, 9.17) is 25.7 Å². The van der Waals surface area contributed by atoms with Gasteiger partial charge in [-0.3, -0.25) is 0 Å². The molecule has 5 N–H and O–H groups in total. The first kappa shape index (κ1) is 17.4. The summed E-state index contributed by atoms with van der Waals surface area (Å²) in [6.45, 7) is 3.23. The maximum atomic E-state index is 5.78. The number of ether oxygens (including phenoxy) is 3. The second-order valence-corrected chi connectivity index (χ2v) is 6.08. The van der Waals surface area contributed by atoms with E-state index in [0.717, 1.165) is 44.1 Å². The van der Waals surface area contributed by atoms with Crippen molar-refractivity contribution in [2.75, 3.05) is 37.8 Å². The number of nitrogen functional groups attached to an aromatic ring is 2. The molecule has 3 rings (SSSR count). The molecule has 1 fully saturated rings. The maximum absolute atomic E-state index is 5.78. The van der Waals surface area contributed by atoms with Crippen LogP contribution >= 0.6 is 0 Å². The number of benzene rings is 2. The molecule has 0 spiro atoms. The Morgan fingerprint density at radius 1 is 1.00 bits per heavy atom. The zero-order chi connectivity index (χ0) is 17.5. The normalized spacial score (nSPS) is 17.2. The molecule has 0 amide bonds. The highest BCUT2D eigenvalue weighted by Gasteiger charge is 2.12. The minimum Gasteiger partial charge on any atom is -0.494 e. The third-order valence-corrected chi connectivity index (χ3v) is 4.08. The lowest BCUT2D eigenvalue weighted by molar-refractivity contribution is 0.0722. The molecule has 134 valence electrons. The highest BCUT2D eigenvalue weighted by atomic mass is 16.5. The lowest BCUT2D eigenvalue weighted by Gasteiger charge is -2.23. The molecule has 2 aromatic rings. The van der Waals surface area contributed by atoms with Crippen molar-refractivity contribution in [3.8, 4) is 17.2 Å². The van der Waals surface area contributed by atoms with Crippen LogP contribution in [0.15, 0.2) is 42.5 Å². The van der Waals surface area contributed by atoms with Gasteiger partial charge in [-0.25, -0.2) is 0 Å². The van der Waals surface area contributed by atoms with Gasteiger partial charge in [-0.2, -0.15) is 0 Å². The number of hydrogen-bond donors (Lipinski definition) is 3. The molecule has 1 saturated heterocycles. The highest BCUT2D eigenvalue weighted by molar-refractivity contribution is 5.65. The largest absolute Gasteiger partial charge is 0.494 e. The van der Waals surface area contributed by atoms with Crippen LogP contribution in [0.3, 0.4) is 0 Å². The number of rotatable bonds is 7. The third kappa shape index (κ3) is 5.27. The fourth-order valence-corrected chi connectivity index (χ4v) is 2.68. The monoisotopic (exact) mass is 343 g/mol. The van der Waals surface area contributed by atoms with E-state index in [1.54, 1.807) is 18.2 Å². The van der Waals surface area contributed by atoms with Crippen LogP contribution in [0.5, 0.6) is 17.2 Å². The van der Waals surface area contributed by atoms with E-state index in [2.05, 4.69) is 5.32 Å². The van der Waals surface area contributed by atoms with Gasteiger partial charge in [0.15, 0.2) is 0 Å². The standard InChI is InChI=1S/C19H25N3O3/c20-18-8-7-17(12-19(18)21)25-16-5-3-15(4-6-16)24-10-1-2-14-13-23-11-9-22-14/h3-8,12,14,22H,1-2,9-11,13,20-21H2. The van der Waals surface area contributed by atoms with Crippen molar-refractivity contribution in [2.24, 2.45) is 0 Å². The lowest BCUT2D eigenvalue weighted by atomic mass is 10.1. The van der Waals surface area contributed by atoms with Crippen LogP contribution in [0.4, 0.5) is 11.4 Å². The van der Waals surface area contributed by atoms with Crippen molar-refractivity contribution in [3.63, 3.8) is 0 Å². The van der Waals surface area contributed by atoms with Gasteiger partial charge in [-0.05, 0) is 49.2 Å². The summed E-state index contributed by atoms with van der Waals surface area (Å²) in [4.78, 5) is 0. The van der Waals surface area contributed by atoms with Crippen LogP contribution in [-0.2, 0) is 4.74 Å². The van der Waals surface area contributed by atoms with Crippen LogP contribution in [0.1, 0.15) is 12.8 Å². The number of hydrogen-bond acceptors (Lipinski definition) is 6. The van der Waals surface area contributed by atoms with Gasteiger partial charge in [0.25, 0.3) is 0 Å². The predicted molar refractivity (Wildman–Crippen MR) is 99.1 cm³/mol. The summed E-state index contributed by atoms with van der Waals surface area (Å²) in [6.07, 6.45) is 2.05. The summed E-state index contributed by atoms with van der Waals surface area (Å²) in [5.41, 5.74) is 12.5. The Morgan fingerprint density at radius 2 is 1.76 bits per heavy atom. The third-order valence-electron chi connectivity index (χ3n) is 4.08. The summed E-state index contributed by atoms with van der Waals surface area (Å²) in [6, 6.07) is 13.2. The van der Waals surface area contributed by atoms with Gasteiger partial charge in [0.05, 0.1) is 31.2 Å². The quantitative estimate of drug-likeness (QED) is 0.529. The first-order valence-electron chi connectivity index (χ1n) is 8.57. The fourth-order valence-electron chi connectivity index (χ4n) is 2.68. The van der Waals surface area contributed by atoms with Crippen LogP contribution in [0.2, 0.25) is 0 Å². The number of anilines is 2. The number of nitrogens with one attached hydrogen (secondary N) is 1. The Kier molecular flexibility index (Phi) is 5.98. The molecule has 0 saturated carbocycles. The molecule has 1 atom stereocenters. The van der Waals surface area contributed by atoms with Gasteiger partial charge < -0.3 is 31.0 Å². The summed E-state index contributed by atoms with van der Waals surface area (Å²) >= 11 is 0. The van der Waals surface area contributed by atoms with Crippen molar-refractivity contribution in [2.45, 2.75) is 18.9 Å². The summed E-state index contributed by atoms with van der Waals surface area (Å²) in [5.74, 6) is 2.21. The molecule has 6 nitrogen and oxygen atoms in total. The molecule has 0 bridgehead atoms. The van der Waals surface area contributed by atoms with E-state index in [1.165, 1.54) is 0 Å². The van der Waals surface area contributed by atoms with Gasteiger partial charge in [0.1, 0.15) is 17.2 Å². The van der Waals surface area contributed by atoms with Gasteiger partial charge in [0.2, 0.25) is 0 Å². The van der Waals surface area contributed by atoms with Gasteiger partial charge in [0, 0.05) is 18.7 Å². The van der Waals surface area contributed by atoms with E-state index in [-0.39, 0.29) is 0 Å². The molecule has 1 heterocycles. The Labute approximate surface area is 148 Å². The molecule has 25 heavy (non-hydrogen) atoms. The molecule has 1 aliphatic rings. The van der Waals surface area contributed by atoms with Crippen LogP contribution in [0.25, 0.3) is 0 Å². The number of morpholine rings is 1. The predicted octanol–water partition coefficient (Wildman–Crippen LogP) is 2.79. The van der Waals surface area contributed by atoms with Crippen LogP contribution < -0.4 is 26.3 Å². The van der Waals surface area contributed by atoms with E-state index in [1.807, 2.05) is 24.3 Å². The van der Waals surface area contributed by atoms with Crippen molar-refractivity contribution in [1.29, 1.82) is 0 Å². The average molecular weight is 343 g/mol. The molecular weight excluding hydrogens is 318 g/mol. The van der Waals surface area contributed by atoms with E-state index in [9.17, 15) is 0 Å². The Hall–Kier alpha value is -2.44. The minimum absolute atomic E-state index is 0.445. The summed E-state index contributed by atoms with van der Waals surface area (Å²) in [7, 11) is 0. The van der Waals surface area contributed by atoms with Crippen molar-refractivity contribution >= 4 is 11.4 Å². The van der Waals surface area contributed by atoms with Crippen LogP contribution in [0, 0.1) is 0 Å². The lowest BCUT2D eigenvalue weighted by Crippen LogP contribution is -2.41. The molecule has 0 aliphatic carbocycles. The second kappa shape index (κ2) is 8.60. The van der Waals surface area contributed by atoms with Gasteiger partial charge >= 0.3 is 0 Å². The topological polar surface area (TPSA) is 91.8 Å². The van der Waals surface area contributed by atoms with Crippen molar-refractivity contribution < 1.29 is 14.2 Å². The van der Waals surface area contributed by atoms with E-state index >= 15 is 0 Å². The van der Waals surface area contributed by atoms with Crippen molar-refractivity contribution in [3.05, 3.63) is 42.5 Å². The molecule has 0 aromatic heterocycles. The number of nitrogens with two attached hydrogens (primary N) is 2.